The Kier molecular flexibility index (Phi) is 8.81. The van der Waals surface area contributed by atoms with Gasteiger partial charge in [-0.25, -0.2) is 9.78 Å². The van der Waals surface area contributed by atoms with Crippen LogP contribution in [0.1, 0.15) is 21.5 Å². The van der Waals surface area contributed by atoms with E-state index in [-0.39, 0.29) is 23.6 Å². The Morgan fingerprint density at radius 2 is 1.59 bits per heavy atom. The number of non-ortho nitro benzene ring substituents is 1. The molecule has 4 aromatic rings. The molecule has 0 unspecified atom stereocenters. The molecule has 1 heterocycles. The van der Waals surface area contributed by atoms with Crippen LogP contribution in [-0.2, 0) is 22.4 Å². The van der Waals surface area contributed by atoms with Crippen molar-refractivity contribution in [3.63, 3.8) is 0 Å². The van der Waals surface area contributed by atoms with Gasteiger partial charge in [0.1, 0.15) is 11.5 Å². The van der Waals surface area contributed by atoms with Gasteiger partial charge in [-0.05, 0) is 47.5 Å². The summed E-state index contributed by atoms with van der Waals surface area (Å²) >= 11 is 0. The molecular weight excluding hydrogens is 502 g/mol. The van der Waals surface area contributed by atoms with Crippen LogP contribution in [0.25, 0.3) is 0 Å². The van der Waals surface area contributed by atoms with Gasteiger partial charge < -0.3 is 19.5 Å². The largest absolute Gasteiger partial charge is 0.493 e. The van der Waals surface area contributed by atoms with E-state index in [1.54, 1.807) is 79.0 Å². The predicted molar refractivity (Wildman–Crippen MR) is 143 cm³/mol. The zero-order chi connectivity index (χ0) is 27.6. The highest BCUT2D eigenvalue weighted by atomic mass is 16.6. The molecule has 0 spiro atoms. The number of benzene rings is 3. The lowest BCUT2D eigenvalue weighted by molar-refractivity contribution is -0.384. The number of nitrogens with zero attached hydrogens (tertiary/aromatic N) is 2. The second-order valence-corrected chi connectivity index (χ2v) is 8.36. The van der Waals surface area contributed by atoms with E-state index in [1.807, 2.05) is 0 Å². The van der Waals surface area contributed by atoms with Gasteiger partial charge in [-0.15, -0.1) is 0 Å². The number of rotatable bonds is 11. The fraction of sp³-hybridized carbons (Fsp3) is 0.138. The van der Waals surface area contributed by atoms with E-state index < -0.39 is 10.9 Å². The van der Waals surface area contributed by atoms with Crippen LogP contribution in [0.4, 0.5) is 11.4 Å². The minimum Gasteiger partial charge on any atom is -0.493 e. The van der Waals surface area contributed by atoms with Gasteiger partial charge in [-0.1, -0.05) is 30.3 Å². The van der Waals surface area contributed by atoms with Crippen LogP contribution in [0.3, 0.4) is 0 Å². The number of nitro groups is 1. The summed E-state index contributed by atoms with van der Waals surface area (Å²) in [6.45, 7) is 0.420. The molecule has 0 aliphatic rings. The third-order valence-corrected chi connectivity index (χ3v) is 5.62. The average molecular weight is 528 g/mol. The number of pyridine rings is 1. The number of para-hydroxylation sites is 1. The maximum Gasteiger partial charge on any atom is 0.339 e. The molecule has 0 saturated heterocycles. The molecular formula is C29H25N3O7. The normalized spacial score (nSPS) is 10.4. The minimum absolute atomic E-state index is 0.0588. The molecule has 0 aliphatic heterocycles. The van der Waals surface area contributed by atoms with E-state index in [2.05, 4.69) is 10.3 Å². The fourth-order valence-electron chi connectivity index (χ4n) is 3.63. The second kappa shape index (κ2) is 12.8. The summed E-state index contributed by atoms with van der Waals surface area (Å²) in [7, 11) is 1.28. The standard InChI is InChI=1S/C29H25N3O7/c1-37-29(34)25-4-2-3-5-26(25)31-27(33)18-21-8-15-28(30-19-21)39-24-13-11-23(12-14-24)38-17-16-20-6-9-22(10-7-20)32(35)36/h2-15,19H,16-18H2,1H3,(H,31,33). The minimum atomic E-state index is -0.532. The zero-order valence-corrected chi connectivity index (χ0v) is 21.0. The Hall–Kier alpha value is -5.25. The highest BCUT2D eigenvalue weighted by Crippen LogP contribution is 2.23. The number of amides is 1. The van der Waals surface area contributed by atoms with Crippen LogP contribution in [0.5, 0.6) is 17.4 Å². The fourth-order valence-corrected chi connectivity index (χ4v) is 3.63. The van der Waals surface area contributed by atoms with Gasteiger partial charge in [-0.3, -0.25) is 14.9 Å². The third kappa shape index (κ3) is 7.62. The lowest BCUT2D eigenvalue weighted by Gasteiger charge is -2.10. The number of anilines is 1. The Morgan fingerprint density at radius 3 is 2.26 bits per heavy atom. The molecule has 39 heavy (non-hydrogen) atoms. The SMILES string of the molecule is COC(=O)c1ccccc1NC(=O)Cc1ccc(Oc2ccc(OCCc3ccc([N+](=O)[O-])cc3)cc2)nc1. The van der Waals surface area contributed by atoms with Gasteiger partial charge in [0.2, 0.25) is 11.8 Å². The molecule has 198 valence electrons. The van der Waals surface area contributed by atoms with Crippen molar-refractivity contribution in [3.05, 3.63) is 118 Å². The third-order valence-electron chi connectivity index (χ3n) is 5.62. The molecule has 0 saturated carbocycles. The summed E-state index contributed by atoms with van der Waals surface area (Å²) in [4.78, 5) is 39.0. The lowest BCUT2D eigenvalue weighted by atomic mass is 10.1. The zero-order valence-electron chi connectivity index (χ0n) is 21.0. The summed E-state index contributed by atoms with van der Waals surface area (Å²) in [6, 6.07) is 23.5. The van der Waals surface area contributed by atoms with Crippen LogP contribution in [0.2, 0.25) is 0 Å². The molecule has 1 N–H and O–H groups in total. The van der Waals surface area contributed by atoms with Crippen molar-refractivity contribution >= 4 is 23.3 Å². The molecule has 3 aromatic carbocycles. The number of carbonyl (C=O) groups excluding carboxylic acids is 2. The summed E-state index contributed by atoms with van der Waals surface area (Å²) in [6.07, 6.45) is 2.23. The number of nitrogens with one attached hydrogen (secondary N) is 1. The Morgan fingerprint density at radius 1 is 0.897 bits per heavy atom. The molecule has 10 heteroatoms. The maximum atomic E-state index is 12.5. The van der Waals surface area contributed by atoms with E-state index in [0.29, 0.717) is 41.7 Å². The van der Waals surface area contributed by atoms with Gasteiger partial charge in [0.25, 0.3) is 5.69 Å². The number of hydrogen-bond acceptors (Lipinski definition) is 8. The van der Waals surface area contributed by atoms with E-state index in [9.17, 15) is 19.7 Å². The Bertz CT molecular complexity index is 1440. The average Bonchev–Trinajstić information content (AvgIpc) is 2.95. The van der Waals surface area contributed by atoms with Crippen molar-refractivity contribution in [2.24, 2.45) is 0 Å². The van der Waals surface area contributed by atoms with Crippen molar-refractivity contribution in [2.75, 3.05) is 19.0 Å². The smallest absolute Gasteiger partial charge is 0.339 e. The lowest BCUT2D eigenvalue weighted by Crippen LogP contribution is -2.17. The number of ether oxygens (including phenoxy) is 3. The molecule has 0 atom stereocenters. The maximum absolute atomic E-state index is 12.5. The second-order valence-electron chi connectivity index (χ2n) is 8.36. The van der Waals surface area contributed by atoms with E-state index in [1.165, 1.54) is 19.2 Å². The van der Waals surface area contributed by atoms with Gasteiger partial charge in [0.15, 0.2) is 0 Å². The number of aromatic nitrogens is 1. The highest BCUT2D eigenvalue weighted by molar-refractivity contribution is 6.01. The van der Waals surface area contributed by atoms with Gasteiger partial charge in [-0.2, -0.15) is 0 Å². The van der Waals surface area contributed by atoms with Gasteiger partial charge in [0, 0.05) is 30.8 Å². The van der Waals surface area contributed by atoms with Crippen molar-refractivity contribution in [1.29, 1.82) is 0 Å². The van der Waals surface area contributed by atoms with Crippen LogP contribution in [-0.4, -0.2) is 35.5 Å². The molecule has 1 amide bonds. The number of carbonyl (C=O) groups is 2. The van der Waals surface area contributed by atoms with Gasteiger partial charge >= 0.3 is 5.97 Å². The number of nitro benzene ring substituents is 1. The van der Waals surface area contributed by atoms with Gasteiger partial charge in [0.05, 0.1) is 36.3 Å². The molecule has 0 fully saturated rings. The first-order valence-electron chi connectivity index (χ1n) is 12.0. The molecule has 1 aromatic heterocycles. The number of esters is 1. The van der Waals surface area contributed by atoms with Crippen LogP contribution in [0.15, 0.2) is 91.1 Å². The quantitative estimate of drug-likeness (QED) is 0.156. The first-order valence-corrected chi connectivity index (χ1v) is 12.0. The van der Waals surface area contributed by atoms with E-state index in [0.717, 1.165) is 5.56 Å². The number of hydrogen-bond donors (Lipinski definition) is 1. The van der Waals surface area contributed by atoms with Crippen molar-refractivity contribution in [1.82, 2.24) is 4.98 Å². The first-order chi connectivity index (χ1) is 18.9. The van der Waals surface area contributed by atoms with Crippen LogP contribution < -0.4 is 14.8 Å². The monoisotopic (exact) mass is 527 g/mol. The van der Waals surface area contributed by atoms with Crippen molar-refractivity contribution < 1.29 is 28.7 Å². The predicted octanol–water partition coefficient (Wildman–Crippen LogP) is 5.37. The summed E-state index contributed by atoms with van der Waals surface area (Å²) in [5.41, 5.74) is 2.33. The van der Waals surface area contributed by atoms with Crippen molar-refractivity contribution in [2.45, 2.75) is 12.8 Å². The number of methoxy groups -OCH3 is 1. The van der Waals surface area contributed by atoms with Crippen molar-refractivity contribution in [3.8, 4) is 17.4 Å². The summed E-state index contributed by atoms with van der Waals surface area (Å²) in [5.74, 6) is 0.756. The van der Waals surface area contributed by atoms with Crippen LogP contribution >= 0.6 is 0 Å². The topological polar surface area (TPSA) is 130 Å². The Labute approximate surface area is 224 Å². The molecule has 0 aliphatic carbocycles. The highest BCUT2D eigenvalue weighted by Gasteiger charge is 2.14. The molecule has 10 nitrogen and oxygen atoms in total. The first kappa shape index (κ1) is 26.8. The summed E-state index contributed by atoms with van der Waals surface area (Å²) in [5, 5.41) is 13.5. The summed E-state index contributed by atoms with van der Waals surface area (Å²) < 4.78 is 16.3. The molecule has 0 radical (unpaired) electrons. The van der Waals surface area contributed by atoms with E-state index in [4.69, 9.17) is 14.2 Å². The van der Waals surface area contributed by atoms with E-state index >= 15 is 0 Å². The molecule has 0 bridgehead atoms. The van der Waals surface area contributed by atoms with Crippen LogP contribution in [0, 0.1) is 10.1 Å². The Balaban J connectivity index is 1.25. The molecule has 4 rings (SSSR count).